The zero-order valence-corrected chi connectivity index (χ0v) is 20.2. The molecule has 34 heavy (non-hydrogen) atoms. The van der Waals surface area contributed by atoms with Crippen molar-refractivity contribution in [3.8, 4) is 0 Å². The summed E-state index contributed by atoms with van der Waals surface area (Å²) < 4.78 is 0.737. The van der Waals surface area contributed by atoms with Crippen molar-refractivity contribution < 1.29 is 9.59 Å². The molecule has 1 aliphatic heterocycles. The highest BCUT2D eigenvalue weighted by molar-refractivity contribution is 7.21. The number of rotatable bonds is 4. The highest BCUT2D eigenvalue weighted by Gasteiger charge is 2.48. The minimum atomic E-state index is -1.45. The normalized spacial score (nSPS) is 24.3. The van der Waals surface area contributed by atoms with Gasteiger partial charge in [-0.2, -0.15) is 0 Å². The average Bonchev–Trinajstić information content (AvgIpc) is 3.25. The first-order chi connectivity index (χ1) is 16.2. The number of hydrogen-bond donors (Lipinski definition) is 5. The van der Waals surface area contributed by atoms with Crippen LogP contribution in [0.5, 0.6) is 0 Å². The van der Waals surface area contributed by atoms with Gasteiger partial charge in [0.25, 0.3) is 5.91 Å². The Hall–Kier alpha value is -2.98. The van der Waals surface area contributed by atoms with E-state index in [4.69, 9.17) is 17.2 Å². The number of benzene rings is 2. The zero-order chi connectivity index (χ0) is 24.2. The number of nitrogens with one attached hydrogen (secondary N) is 2. The predicted octanol–water partition coefficient (Wildman–Crippen LogP) is 1.82. The van der Waals surface area contributed by atoms with Crippen LogP contribution in [0.2, 0.25) is 0 Å². The van der Waals surface area contributed by atoms with Gasteiger partial charge in [-0.3, -0.25) is 9.59 Å². The monoisotopic (exact) mass is 478 g/mol. The predicted molar refractivity (Wildman–Crippen MR) is 137 cm³/mol. The van der Waals surface area contributed by atoms with Gasteiger partial charge in [-0.05, 0) is 48.7 Å². The second kappa shape index (κ2) is 8.35. The van der Waals surface area contributed by atoms with Gasteiger partial charge in [0.15, 0.2) is 5.78 Å². The first-order valence-electron chi connectivity index (χ1n) is 11.5. The molecule has 2 aliphatic rings. The van der Waals surface area contributed by atoms with E-state index < -0.39 is 11.6 Å². The Kier molecular flexibility index (Phi) is 5.60. The van der Waals surface area contributed by atoms with Gasteiger partial charge in [0, 0.05) is 49.0 Å². The van der Waals surface area contributed by atoms with E-state index in [0.29, 0.717) is 27.3 Å². The third kappa shape index (κ3) is 3.39. The summed E-state index contributed by atoms with van der Waals surface area (Å²) in [5.41, 5.74) is 21.7. The van der Waals surface area contributed by atoms with Crippen molar-refractivity contribution in [2.45, 2.75) is 30.5 Å². The van der Waals surface area contributed by atoms with Crippen LogP contribution in [0.1, 0.15) is 45.2 Å². The lowest BCUT2D eigenvalue weighted by molar-refractivity contribution is -0.124. The summed E-state index contributed by atoms with van der Waals surface area (Å²) in [6.45, 7) is 1.67. The molecule has 1 aromatic heterocycles. The quantitative estimate of drug-likeness (QED) is 0.360. The molecule has 178 valence electrons. The lowest BCUT2D eigenvalue weighted by atomic mass is 9.70. The molecule has 1 fully saturated rings. The number of amides is 1. The van der Waals surface area contributed by atoms with E-state index in [9.17, 15) is 9.59 Å². The van der Waals surface area contributed by atoms with E-state index in [1.807, 2.05) is 43.3 Å². The number of piperidine rings is 1. The number of nitrogen functional groups attached to an aromatic ring is 1. The summed E-state index contributed by atoms with van der Waals surface area (Å²) in [6, 6.07) is 10.1. The summed E-state index contributed by atoms with van der Waals surface area (Å²) in [5.74, 6) is -0.564. The topological polar surface area (TPSA) is 140 Å². The largest absolute Gasteiger partial charge is 0.398 e. The number of ketones is 1. The molecular weight excluding hydrogens is 448 g/mol. The summed E-state index contributed by atoms with van der Waals surface area (Å²) >= 11 is 1.28. The molecule has 8 N–H and O–H groups in total. The highest BCUT2D eigenvalue weighted by Crippen LogP contribution is 2.49. The Morgan fingerprint density at radius 2 is 2.06 bits per heavy atom. The van der Waals surface area contributed by atoms with Crippen LogP contribution >= 0.6 is 11.3 Å². The summed E-state index contributed by atoms with van der Waals surface area (Å²) in [4.78, 5) is 29.6. The van der Waals surface area contributed by atoms with E-state index in [2.05, 4.69) is 10.6 Å². The van der Waals surface area contributed by atoms with Crippen molar-refractivity contribution in [3.05, 3.63) is 58.0 Å². The van der Waals surface area contributed by atoms with Gasteiger partial charge >= 0.3 is 0 Å². The third-order valence-corrected chi connectivity index (χ3v) is 8.22. The molecule has 1 amide bonds. The Morgan fingerprint density at radius 1 is 1.26 bits per heavy atom. The van der Waals surface area contributed by atoms with E-state index in [-0.39, 0.29) is 17.7 Å². The van der Waals surface area contributed by atoms with Crippen LogP contribution < -0.4 is 32.7 Å². The number of thiophene rings is 1. The number of hydrogen-bond acceptors (Lipinski definition) is 8. The molecule has 1 aliphatic carbocycles. The van der Waals surface area contributed by atoms with Crippen molar-refractivity contribution >= 4 is 44.5 Å². The van der Waals surface area contributed by atoms with Gasteiger partial charge < -0.3 is 32.7 Å². The molecule has 9 heteroatoms. The fraction of sp³-hybridized carbons (Fsp3) is 0.360. The number of nitrogens with two attached hydrogens (primary N) is 3. The second-order valence-corrected chi connectivity index (χ2v) is 10.4. The smallest absolute Gasteiger partial charge is 0.262 e. The van der Waals surface area contributed by atoms with E-state index in [0.717, 1.165) is 41.7 Å². The maximum atomic E-state index is 13.8. The lowest BCUT2D eigenvalue weighted by Crippen LogP contribution is -2.52. The van der Waals surface area contributed by atoms with Crippen molar-refractivity contribution in [2.75, 3.05) is 37.8 Å². The fourth-order valence-corrected chi connectivity index (χ4v) is 6.31. The number of anilines is 2. The molecule has 3 atom stereocenters. The minimum absolute atomic E-state index is 0.0355. The van der Waals surface area contributed by atoms with Gasteiger partial charge in [0.2, 0.25) is 0 Å². The highest BCUT2D eigenvalue weighted by atomic mass is 32.1. The molecule has 1 saturated heterocycles. The number of carbonyl (C=O) groups is 2. The number of carbonyl (C=O) groups excluding carboxylic acids is 2. The third-order valence-electron chi connectivity index (χ3n) is 6.97. The maximum Gasteiger partial charge on any atom is 0.262 e. The molecule has 0 bridgehead atoms. The molecule has 8 nitrogen and oxygen atoms in total. The van der Waals surface area contributed by atoms with Gasteiger partial charge in [-0.25, -0.2) is 0 Å². The fourth-order valence-electron chi connectivity index (χ4n) is 5.10. The Bertz CT molecular complexity index is 1300. The van der Waals surface area contributed by atoms with Crippen molar-refractivity contribution in [3.63, 3.8) is 0 Å². The molecule has 2 heterocycles. The number of Topliss-reactive ketones (excluding diaryl/α,β-unsaturated/α-hetero) is 1. The van der Waals surface area contributed by atoms with Crippen LogP contribution in [-0.4, -0.2) is 44.9 Å². The Balaban J connectivity index is 1.69. The standard InChI is InChI=1S/C25H30N6O2S/c1-31(2)15-7-3-5-13(11-15)25(28)16-8-9-17(26)21-18(16)19(20(27)23(25)32)22(34-21)24(33)30-14-6-4-10-29-12-14/h3,5,7-9,11,14,20,29H,4,6,10,12,26-28H2,1-2H3,(H,30,33). The average molecular weight is 479 g/mol. The van der Waals surface area contributed by atoms with E-state index >= 15 is 0 Å². The molecule has 5 rings (SSSR count). The summed E-state index contributed by atoms with van der Waals surface area (Å²) in [6.07, 6.45) is 1.91. The van der Waals surface area contributed by atoms with Crippen LogP contribution in [0.15, 0.2) is 36.4 Å². The molecule has 3 unspecified atom stereocenters. The molecular formula is C25H30N6O2S. The van der Waals surface area contributed by atoms with Gasteiger partial charge in [0.1, 0.15) is 5.54 Å². The van der Waals surface area contributed by atoms with E-state index in [1.54, 1.807) is 12.1 Å². The molecule has 3 aromatic rings. The molecule has 0 radical (unpaired) electrons. The Labute approximate surface area is 202 Å². The SMILES string of the molecule is CN(C)c1cccc(C2(N)C(=O)C(N)c3c(C(=O)NC4CCCNC4)sc4c(N)ccc2c34)c1. The molecule has 2 aromatic carbocycles. The minimum Gasteiger partial charge on any atom is -0.398 e. The second-order valence-electron chi connectivity index (χ2n) is 9.36. The zero-order valence-electron chi connectivity index (χ0n) is 19.4. The van der Waals surface area contributed by atoms with Crippen molar-refractivity contribution in [2.24, 2.45) is 11.5 Å². The van der Waals surface area contributed by atoms with Crippen LogP contribution in [0.3, 0.4) is 0 Å². The Morgan fingerprint density at radius 3 is 2.76 bits per heavy atom. The summed E-state index contributed by atoms with van der Waals surface area (Å²) in [5, 5.41) is 7.13. The van der Waals surface area contributed by atoms with Crippen LogP contribution in [-0.2, 0) is 10.3 Å². The van der Waals surface area contributed by atoms with Crippen molar-refractivity contribution in [1.29, 1.82) is 0 Å². The lowest BCUT2D eigenvalue weighted by Gasteiger charge is -2.37. The van der Waals surface area contributed by atoms with Crippen LogP contribution in [0.4, 0.5) is 11.4 Å². The van der Waals surface area contributed by atoms with E-state index in [1.165, 1.54) is 11.3 Å². The van der Waals surface area contributed by atoms with Gasteiger partial charge in [-0.1, -0.05) is 18.2 Å². The first-order valence-corrected chi connectivity index (χ1v) is 12.3. The van der Waals surface area contributed by atoms with Crippen molar-refractivity contribution in [1.82, 2.24) is 10.6 Å². The first kappa shape index (κ1) is 22.8. The van der Waals surface area contributed by atoms with Crippen LogP contribution in [0.25, 0.3) is 10.1 Å². The van der Waals surface area contributed by atoms with Gasteiger partial charge in [-0.15, -0.1) is 11.3 Å². The molecule has 0 spiro atoms. The van der Waals surface area contributed by atoms with Gasteiger partial charge in [0.05, 0.1) is 15.6 Å². The maximum absolute atomic E-state index is 13.8. The summed E-state index contributed by atoms with van der Waals surface area (Å²) in [7, 11) is 3.86. The molecule has 0 saturated carbocycles. The number of nitrogens with zero attached hydrogens (tertiary/aromatic N) is 1. The van der Waals surface area contributed by atoms with Crippen LogP contribution in [0, 0.1) is 0 Å².